The lowest BCUT2D eigenvalue weighted by Crippen LogP contribution is -2.31. The number of anilines is 2. The summed E-state index contributed by atoms with van der Waals surface area (Å²) in [5.41, 5.74) is 2.96. The molecule has 0 saturated carbocycles. The highest BCUT2D eigenvalue weighted by Gasteiger charge is 2.20. The fraction of sp³-hybridized carbons (Fsp3) is 0.250. The lowest BCUT2D eigenvalue weighted by atomic mass is 10.2. The number of aromatic amines is 1. The summed E-state index contributed by atoms with van der Waals surface area (Å²) in [5.74, 6) is 1.92. The quantitative estimate of drug-likeness (QED) is 0.573. The van der Waals surface area contributed by atoms with Gasteiger partial charge in [-0.25, -0.2) is 15.0 Å². The number of halogens is 1. The molecule has 0 radical (unpaired) electrons. The van der Waals surface area contributed by atoms with E-state index in [0.29, 0.717) is 5.02 Å². The molecular formula is C20H19ClN6. The maximum atomic E-state index is 6.11. The van der Waals surface area contributed by atoms with Crippen molar-refractivity contribution in [2.45, 2.75) is 6.42 Å². The first-order chi connectivity index (χ1) is 13.3. The molecule has 2 aromatic carbocycles. The Bertz CT molecular complexity index is 1070. The molecule has 136 valence electrons. The Morgan fingerprint density at radius 3 is 2.67 bits per heavy atom. The number of aromatic nitrogens is 4. The summed E-state index contributed by atoms with van der Waals surface area (Å²) in [6.45, 7) is 3.68. The van der Waals surface area contributed by atoms with E-state index < -0.39 is 0 Å². The third-order valence-corrected chi connectivity index (χ3v) is 5.28. The minimum Gasteiger partial charge on any atom is -0.354 e. The molecule has 4 aromatic rings. The summed E-state index contributed by atoms with van der Waals surface area (Å²) >= 11 is 6.11. The highest BCUT2D eigenvalue weighted by Crippen LogP contribution is 2.27. The summed E-state index contributed by atoms with van der Waals surface area (Å²) in [4.78, 5) is 21.8. The van der Waals surface area contributed by atoms with Crippen LogP contribution in [0.15, 0.2) is 48.8 Å². The van der Waals surface area contributed by atoms with Gasteiger partial charge in [0.05, 0.1) is 16.6 Å². The van der Waals surface area contributed by atoms with Crippen LogP contribution in [0, 0.1) is 0 Å². The number of fused-ring (bicyclic) bond motifs is 2. The SMILES string of the molecule is Clc1ccc2c(N3CCCN(c4nc5ccccc5[nH]4)CC3)ncnc2c1. The molecule has 0 aliphatic carbocycles. The molecule has 1 fully saturated rings. The van der Waals surface area contributed by atoms with Gasteiger partial charge in [-0.05, 0) is 36.8 Å². The monoisotopic (exact) mass is 378 g/mol. The first kappa shape index (κ1) is 16.3. The Kier molecular flexibility index (Phi) is 4.05. The topological polar surface area (TPSA) is 60.9 Å². The van der Waals surface area contributed by atoms with Crippen molar-refractivity contribution in [3.8, 4) is 0 Å². The van der Waals surface area contributed by atoms with Crippen molar-refractivity contribution in [2.75, 3.05) is 36.0 Å². The second-order valence-corrected chi connectivity index (χ2v) is 7.20. The van der Waals surface area contributed by atoms with Crippen molar-refractivity contribution in [3.05, 3.63) is 53.8 Å². The Morgan fingerprint density at radius 1 is 0.889 bits per heavy atom. The molecule has 1 aliphatic rings. The molecule has 7 heteroatoms. The highest BCUT2D eigenvalue weighted by atomic mass is 35.5. The Balaban J connectivity index is 1.41. The zero-order chi connectivity index (χ0) is 18.2. The van der Waals surface area contributed by atoms with Gasteiger partial charge in [-0.15, -0.1) is 0 Å². The minimum atomic E-state index is 0.694. The zero-order valence-electron chi connectivity index (χ0n) is 14.8. The predicted octanol–water partition coefficient (Wildman–Crippen LogP) is 3.88. The number of rotatable bonds is 2. The number of hydrogen-bond donors (Lipinski definition) is 1. The fourth-order valence-corrected chi connectivity index (χ4v) is 3.86. The van der Waals surface area contributed by atoms with Crippen LogP contribution in [-0.2, 0) is 0 Å². The summed E-state index contributed by atoms with van der Waals surface area (Å²) in [7, 11) is 0. The molecule has 1 saturated heterocycles. The molecule has 0 unspecified atom stereocenters. The first-order valence-electron chi connectivity index (χ1n) is 9.13. The van der Waals surface area contributed by atoms with E-state index in [-0.39, 0.29) is 0 Å². The fourth-order valence-electron chi connectivity index (χ4n) is 3.70. The number of nitrogens with one attached hydrogen (secondary N) is 1. The second-order valence-electron chi connectivity index (χ2n) is 6.76. The molecule has 27 heavy (non-hydrogen) atoms. The molecular weight excluding hydrogens is 360 g/mol. The Hall–Kier alpha value is -2.86. The van der Waals surface area contributed by atoms with Gasteiger partial charge in [0.15, 0.2) is 0 Å². The van der Waals surface area contributed by atoms with E-state index in [4.69, 9.17) is 16.6 Å². The predicted molar refractivity (Wildman–Crippen MR) is 110 cm³/mol. The number of imidazole rings is 1. The number of H-pyrrole nitrogens is 1. The maximum Gasteiger partial charge on any atom is 0.203 e. The third-order valence-electron chi connectivity index (χ3n) is 5.05. The van der Waals surface area contributed by atoms with Crippen molar-refractivity contribution >= 4 is 45.3 Å². The van der Waals surface area contributed by atoms with Crippen LogP contribution >= 0.6 is 11.6 Å². The van der Waals surface area contributed by atoms with Crippen LogP contribution in [0.5, 0.6) is 0 Å². The number of nitrogens with zero attached hydrogens (tertiary/aromatic N) is 5. The lowest BCUT2D eigenvalue weighted by Gasteiger charge is -2.23. The summed E-state index contributed by atoms with van der Waals surface area (Å²) in [6, 6.07) is 13.9. The summed E-state index contributed by atoms with van der Waals surface area (Å²) in [6.07, 6.45) is 2.66. The van der Waals surface area contributed by atoms with E-state index in [9.17, 15) is 0 Å². The van der Waals surface area contributed by atoms with Crippen molar-refractivity contribution < 1.29 is 0 Å². The maximum absolute atomic E-state index is 6.11. The van der Waals surface area contributed by atoms with Gasteiger partial charge in [0.1, 0.15) is 12.1 Å². The molecule has 0 amide bonds. The van der Waals surface area contributed by atoms with Gasteiger partial charge in [-0.3, -0.25) is 0 Å². The molecule has 0 bridgehead atoms. The molecule has 5 rings (SSSR count). The molecule has 1 aliphatic heterocycles. The summed E-state index contributed by atoms with van der Waals surface area (Å²) in [5, 5.41) is 1.73. The van der Waals surface area contributed by atoms with Gasteiger partial charge in [0.2, 0.25) is 5.95 Å². The molecule has 2 aromatic heterocycles. The number of para-hydroxylation sites is 2. The van der Waals surface area contributed by atoms with Gasteiger partial charge < -0.3 is 14.8 Å². The number of hydrogen-bond acceptors (Lipinski definition) is 5. The van der Waals surface area contributed by atoms with Crippen LogP contribution in [0.3, 0.4) is 0 Å². The largest absolute Gasteiger partial charge is 0.354 e. The first-order valence-corrected chi connectivity index (χ1v) is 9.51. The molecule has 0 atom stereocenters. The highest BCUT2D eigenvalue weighted by molar-refractivity contribution is 6.31. The van der Waals surface area contributed by atoms with Crippen LogP contribution in [0.25, 0.3) is 21.9 Å². The smallest absolute Gasteiger partial charge is 0.203 e. The number of benzene rings is 2. The lowest BCUT2D eigenvalue weighted by molar-refractivity contribution is 0.790. The van der Waals surface area contributed by atoms with E-state index in [0.717, 1.165) is 66.3 Å². The van der Waals surface area contributed by atoms with Crippen LogP contribution in [0.2, 0.25) is 5.02 Å². The van der Waals surface area contributed by atoms with Gasteiger partial charge in [0.25, 0.3) is 0 Å². The Morgan fingerprint density at radius 2 is 1.74 bits per heavy atom. The van der Waals surface area contributed by atoms with Crippen molar-refractivity contribution in [1.29, 1.82) is 0 Å². The van der Waals surface area contributed by atoms with Crippen LogP contribution in [0.4, 0.5) is 11.8 Å². The van der Waals surface area contributed by atoms with Crippen LogP contribution in [-0.4, -0.2) is 46.1 Å². The van der Waals surface area contributed by atoms with Crippen molar-refractivity contribution in [2.24, 2.45) is 0 Å². The molecule has 1 N–H and O–H groups in total. The van der Waals surface area contributed by atoms with E-state index >= 15 is 0 Å². The average Bonchev–Trinajstić information content (AvgIpc) is 2.97. The van der Waals surface area contributed by atoms with Crippen molar-refractivity contribution in [1.82, 2.24) is 19.9 Å². The average molecular weight is 379 g/mol. The third kappa shape index (κ3) is 3.06. The van der Waals surface area contributed by atoms with E-state index in [1.54, 1.807) is 6.33 Å². The van der Waals surface area contributed by atoms with Crippen molar-refractivity contribution in [3.63, 3.8) is 0 Å². The second kappa shape index (κ2) is 6.70. The van der Waals surface area contributed by atoms with Gasteiger partial charge in [0, 0.05) is 36.6 Å². The Labute approximate surface area is 161 Å². The normalized spacial score (nSPS) is 15.4. The minimum absolute atomic E-state index is 0.694. The molecule has 6 nitrogen and oxygen atoms in total. The van der Waals surface area contributed by atoms with Gasteiger partial charge in [-0.2, -0.15) is 0 Å². The van der Waals surface area contributed by atoms with Gasteiger partial charge in [-0.1, -0.05) is 23.7 Å². The van der Waals surface area contributed by atoms with E-state index in [1.807, 2.05) is 36.4 Å². The summed E-state index contributed by atoms with van der Waals surface area (Å²) < 4.78 is 0. The molecule has 0 spiro atoms. The van der Waals surface area contributed by atoms with E-state index in [1.165, 1.54) is 0 Å². The zero-order valence-corrected chi connectivity index (χ0v) is 15.5. The van der Waals surface area contributed by atoms with Crippen LogP contribution in [0.1, 0.15) is 6.42 Å². The molecule has 3 heterocycles. The van der Waals surface area contributed by atoms with Gasteiger partial charge >= 0.3 is 0 Å². The van der Waals surface area contributed by atoms with E-state index in [2.05, 4.69) is 30.8 Å². The van der Waals surface area contributed by atoms with Crippen LogP contribution < -0.4 is 9.80 Å². The standard InChI is InChI=1S/C20H19ClN6/c21-14-6-7-15-18(12-14)22-13-23-19(15)26-8-3-9-27(11-10-26)20-24-16-4-1-2-5-17(16)25-20/h1-2,4-7,12-13H,3,8-11H2,(H,24,25).